The van der Waals surface area contributed by atoms with Crippen molar-refractivity contribution in [3.8, 4) is 0 Å². The van der Waals surface area contributed by atoms with Crippen LogP contribution in [0, 0.1) is 5.41 Å². The number of nitrogen functional groups attached to an aromatic ring is 1. The van der Waals surface area contributed by atoms with Gasteiger partial charge in [-0.1, -0.05) is 13.0 Å². The summed E-state index contributed by atoms with van der Waals surface area (Å²) in [5, 5.41) is 0. The second-order valence-corrected chi connectivity index (χ2v) is 4.11. The molecule has 1 aromatic heterocycles. The minimum atomic E-state index is 0.0428. The molecule has 1 heterocycles. The van der Waals surface area contributed by atoms with Crippen LogP contribution in [-0.4, -0.2) is 4.98 Å². The molecule has 0 saturated heterocycles. The third-order valence-electron chi connectivity index (χ3n) is 3.00. The molecular weight excluding hydrogens is 162 g/mol. The number of hydrogen-bond donors (Lipinski definition) is 2. The van der Waals surface area contributed by atoms with E-state index in [-0.39, 0.29) is 11.5 Å². The quantitative estimate of drug-likeness (QED) is 0.718. The Labute approximate surface area is 78.1 Å². The maximum atomic E-state index is 6.12. The topological polar surface area (TPSA) is 64.9 Å². The van der Waals surface area contributed by atoms with Crippen LogP contribution < -0.4 is 11.5 Å². The summed E-state index contributed by atoms with van der Waals surface area (Å²) in [6.07, 6.45) is 4.09. The van der Waals surface area contributed by atoms with Crippen LogP contribution >= 0.6 is 0 Å². The van der Waals surface area contributed by atoms with Gasteiger partial charge in [0.15, 0.2) is 0 Å². The Morgan fingerprint density at radius 1 is 1.54 bits per heavy atom. The summed E-state index contributed by atoms with van der Waals surface area (Å²) in [5.74, 6) is 0.572. The van der Waals surface area contributed by atoms with E-state index in [1.807, 2.05) is 12.1 Å². The number of nitrogens with two attached hydrogens (primary N) is 2. The maximum Gasteiger partial charge on any atom is 0.128 e. The van der Waals surface area contributed by atoms with E-state index >= 15 is 0 Å². The monoisotopic (exact) mass is 177 g/mol. The zero-order chi connectivity index (χ0) is 9.47. The fourth-order valence-corrected chi connectivity index (χ4v) is 1.58. The van der Waals surface area contributed by atoms with Crippen LogP contribution in [0.25, 0.3) is 0 Å². The van der Waals surface area contributed by atoms with Crippen molar-refractivity contribution in [1.82, 2.24) is 4.98 Å². The molecule has 0 aromatic carbocycles. The molecule has 1 aromatic rings. The Hall–Kier alpha value is -1.09. The van der Waals surface area contributed by atoms with Gasteiger partial charge in [0, 0.05) is 17.8 Å². The van der Waals surface area contributed by atoms with Gasteiger partial charge in [-0.2, -0.15) is 0 Å². The summed E-state index contributed by atoms with van der Waals surface area (Å²) in [6, 6.07) is 3.90. The van der Waals surface area contributed by atoms with Crippen molar-refractivity contribution in [2.24, 2.45) is 11.1 Å². The van der Waals surface area contributed by atoms with E-state index in [1.54, 1.807) is 6.20 Å². The predicted octanol–water partition coefficient (Wildman–Crippen LogP) is 1.46. The Balaban J connectivity index is 2.30. The second-order valence-electron chi connectivity index (χ2n) is 4.11. The maximum absolute atomic E-state index is 6.12. The molecule has 0 amide bonds. The van der Waals surface area contributed by atoms with Crippen LogP contribution in [0.4, 0.5) is 5.82 Å². The van der Waals surface area contributed by atoms with Crippen molar-refractivity contribution in [3.63, 3.8) is 0 Å². The number of anilines is 1. The Morgan fingerprint density at radius 3 is 2.77 bits per heavy atom. The third-order valence-corrected chi connectivity index (χ3v) is 3.00. The molecule has 3 nitrogen and oxygen atoms in total. The lowest BCUT2D eigenvalue weighted by Crippen LogP contribution is -2.21. The fraction of sp³-hybridized carbons (Fsp3) is 0.500. The van der Waals surface area contributed by atoms with Gasteiger partial charge < -0.3 is 11.5 Å². The summed E-state index contributed by atoms with van der Waals surface area (Å²) in [4.78, 5) is 4.04. The van der Waals surface area contributed by atoms with Gasteiger partial charge in [0.25, 0.3) is 0 Å². The number of hydrogen-bond acceptors (Lipinski definition) is 3. The molecule has 1 unspecified atom stereocenters. The van der Waals surface area contributed by atoms with E-state index in [0.29, 0.717) is 5.82 Å². The molecule has 4 N–H and O–H groups in total. The Morgan fingerprint density at radius 2 is 2.23 bits per heavy atom. The molecule has 70 valence electrons. The minimum absolute atomic E-state index is 0.0428. The van der Waals surface area contributed by atoms with E-state index in [1.165, 1.54) is 12.8 Å². The molecule has 3 heteroatoms. The van der Waals surface area contributed by atoms with Gasteiger partial charge >= 0.3 is 0 Å². The molecular formula is C10H15N3. The molecule has 0 radical (unpaired) electrons. The summed E-state index contributed by atoms with van der Waals surface area (Å²) in [6.45, 7) is 2.20. The van der Waals surface area contributed by atoms with Crippen LogP contribution in [0.15, 0.2) is 18.3 Å². The lowest BCUT2D eigenvalue weighted by molar-refractivity contribution is 0.451. The lowest BCUT2D eigenvalue weighted by atomic mass is 9.93. The average molecular weight is 177 g/mol. The van der Waals surface area contributed by atoms with Crippen LogP contribution in [0.1, 0.15) is 31.4 Å². The molecule has 1 atom stereocenters. The molecule has 0 aliphatic heterocycles. The zero-order valence-corrected chi connectivity index (χ0v) is 7.83. The molecule has 1 fully saturated rings. The zero-order valence-electron chi connectivity index (χ0n) is 7.83. The summed E-state index contributed by atoms with van der Waals surface area (Å²) in [5.41, 5.74) is 13.1. The van der Waals surface area contributed by atoms with Crippen molar-refractivity contribution in [1.29, 1.82) is 0 Å². The van der Waals surface area contributed by atoms with Crippen LogP contribution in [0.2, 0.25) is 0 Å². The molecule has 0 spiro atoms. The highest BCUT2D eigenvalue weighted by atomic mass is 14.9. The van der Waals surface area contributed by atoms with Crippen molar-refractivity contribution >= 4 is 5.82 Å². The first kappa shape index (κ1) is 8.51. The van der Waals surface area contributed by atoms with Gasteiger partial charge in [-0.25, -0.2) is 4.98 Å². The molecule has 13 heavy (non-hydrogen) atoms. The standard InChI is InChI=1S/C10H15N3/c1-10(4-5-10)8(11)7-3-2-6-13-9(7)12/h2-3,6,8H,4-5,11H2,1H3,(H2,12,13). The van der Waals surface area contributed by atoms with Gasteiger partial charge in [-0.3, -0.25) is 0 Å². The second kappa shape index (κ2) is 2.70. The van der Waals surface area contributed by atoms with Crippen molar-refractivity contribution < 1.29 is 0 Å². The van der Waals surface area contributed by atoms with E-state index in [9.17, 15) is 0 Å². The normalized spacial score (nSPS) is 21.1. The fourth-order valence-electron chi connectivity index (χ4n) is 1.58. The van der Waals surface area contributed by atoms with Crippen LogP contribution in [0.5, 0.6) is 0 Å². The first-order valence-corrected chi connectivity index (χ1v) is 4.59. The summed E-state index contributed by atoms with van der Waals surface area (Å²) < 4.78 is 0. The number of aromatic nitrogens is 1. The number of pyridine rings is 1. The lowest BCUT2D eigenvalue weighted by Gasteiger charge is -2.19. The van der Waals surface area contributed by atoms with Crippen LogP contribution in [0.3, 0.4) is 0 Å². The molecule has 1 aliphatic rings. The highest BCUT2D eigenvalue weighted by Crippen LogP contribution is 2.53. The minimum Gasteiger partial charge on any atom is -0.383 e. The smallest absolute Gasteiger partial charge is 0.128 e. The van der Waals surface area contributed by atoms with Gasteiger partial charge in [-0.05, 0) is 24.3 Å². The predicted molar refractivity (Wildman–Crippen MR) is 52.9 cm³/mol. The average Bonchev–Trinajstić information content (AvgIpc) is 2.85. The molecule has 2 rings (SSSR count). The third kappa shape index (κ3) is 1.40. The SMILES string of the molecule is CC1(C(N)c2cccnc2N)CC1. The number of rotatable bonds is 2. The highest BCUT2D eigenvalue weighted by Gasteiger charge is 2.44. The largest absolute Gasteiger partial charge is 0.383 e. The first-order chi connectivity index (χ1) is 6.13. The van der Waals surface area contributed by atoms with Gasteiger partial charge in [-0.15, -0.1) is 0 Å². The van der Waals surface area contributed by atoms with Crippen molar-refractivity contribution in [3.05, 3.63) is 23.9 Å². The highest BCUT2D eigenvalue weighted by molar-refractivity contribution is 5.42. The molecule has 0 bridgehead atoms. The Kier molecular flexibility index (Phi) is 1.77. The summed E-state index contributed by atoms with van der Waals surface area (Å²) in [7, 11) is 0. The van der Waals surface area contributed by atoms with Gasteiger partial charge in [0.1, 0.15) is 5.82 Å². The van der Waals surface area contributed by atoms with E-state index in [4.69, 9.17) is 11.5 Å². The van der Waals surface area contributed by atoms with Crippen molar-refractivity contribution in [2.75, 3.05) is 5.73 Å². The van der Waals surface area contributed by atoms with E-state index in [2.05, 4.69) is 11.9 Å². The first-order valence-electron chi connectivity index (χ1n) is 4.59. The van der Waals surface area contributed by atoms with E-state index < -0.39 is 0 Å². The number of nitrogens with zero attached hydrogens (tertiary/aromatic N) is 1. The van der Waals surface area contributed by atoms with Crippen molar-refractivity contribution in [2.45, 2.75) is 25.8 Å². The Bertz CT molecular complexity index is 318. The van der Waals surface area contributed by atoms with E-state index in [0.717, 1.165) is 5.56 Å². The summed E-state index contributed by atoms with van der Waals surface area (Å²) >= 11 is 0. The van der Waals surface area contributed by atoms with Gasteiger partial charge in [0.2, 0.25) is 0 Å². The molecule has 1 saturated carbocycles. The molecule has 1 aliphatic carbocycles. The van der Waals surface area contributed by atoms with Gasteiger partial charge in [0.05, 0.1) is 0 Å². The van der Waals surface area contributed by atoms with Crippen LogP contribution in [-0.2, 0) is 0 Å².